The number of benzene rings is 1. The van der Waals surface area contributed by atoms with E-state index >= 15 is 0 Å². The maximum absolute atomic E-state index is 6.10. The predicted octanol–water partition coefficient (Wildman–Crippen LogP) is 3.35. The van der Waals surface area contributed by atoms with E-state index in [2.05, 4.69) is 15.4 Å². The van der Waals surface area contributed by atoms with E-state index in [0.717, 1.165) is 54.0 Å². The molecule has 3 rings (SSSR count). The molecule has 138 valence electrons. The van der Waals surface area contributed by atoms with Crippen LogP contribution < -0.4 is 5.32 Å². The zero-order valence-corrected chi connectivity index (χ0v) is 15.8. The molecule has 1 aromatic carbocycles. The molecular formula is C19H23ClN4O2. The van der Waals surface area contributed by atoms with Crippen molar-refractivity contribution in [3.8, 4) is 5.69 Å². The second-order valence-corrected chi connectivity index (χ2v) is 6.41. The molecule has 6 nitrogen and oxygen atoms in total. The molecule has 2 aromatic heterocycles. The monoisotopic (exact) mass is 374 g/mol. The lowest BCUT2D eigenvalue weighted by molar-refractivity contribution is 0.178. The number of nitrogens with one attached hydrogen (secondary N) is 1. The van der Waals surface area contributed by atoms with Crippen molar-refractivity contribution in [3.05, 3.63) is 52.9 Å². The van der Waals surface area contributed by atoms with Gasteiger partial charge in [0.2, 0.25) is 0 Å². The van der Waals surface area contributed by atoms with Gasteiger partial charge in [0.1, 0.15) is 0 Å². The lowest BCUT2D eigenvalue weighted by Crippen LogP contribution is -2.17. The molecule has 0 unspecified atom stereocenters. The average molecular weight is 375 g/mol. The smallest absolute Gasteiger partial charge is 0.0888 e. The minimum absolute atomic E-state index is 0.479. The van der Waals surface area contributed by atoms with Crippen LogP contribution in [-0.2, 0) is 22.6 Å². The van der Waals surface area contributed by atoms with Crippen molar-refractivity contribution in [1.82, 2.24) is 20.1 Å². The fraction of sp³-hybridized carbons (Fsp3) is 0.368. The summed E-state index contributed by atoms with van der Waals surface area (Å²) in [6.07, 6.45) is 4.63. The zero-order chi connectivity index (χ0) is 18.4. The second-order valence-electron chi connectivity index (χ2n) is 5.98. The minimum atomic E-state index is 0.479. The first kappa shape index (κ1) is 18.8. The highest BCUT2D eigenvalue weighted by Crippen LogP contribution is 2.25. The number of pyridine rings is 1. The first-order chi connectivity index (χ1) is 12.7. The molecule has 0 atom stereocenters. The molecule has 26 heavy (non-hydrogen) atoms. The summed E-state index contributed by atoms with van der Waals surface area (Å²) in [7, 11) is 3.41. The third-order valence-corrected chi connectivity index (χ3v) is 4.40. The highest BCUT2D eigenvalue weighted by atomic mass is 35.5. The van der Waals surface area contributed by atoms with Gasteiger partial charge in [-0.3, -0.25) is 4.98 Å². The molecule has 0 bridgehead atoms. The SMILES string of the molecule is COCCCNCc1cnn(-c2ccnc3cc(Cl)ccc23)c1COC. The minimum Gasteiger partial charge on any atom is -0.385 e. The standard InChI is InChI=1S/C19H23ClN4O2/c1-25-9-3-7-21-11-14-12-23-24(19(14)13-26-2)18-6-8-22-17-10-15(20)4-5-16(17)18/h4-6,8,10,12,21H,3,7,9,11,13H2,1-2H3. The summed E-state index contributed by atoms with van der Waals surface area (Å²) in [5.41, 5.74) is 3.94. The molecule has 0 aliphatic carbocycles. The predicted molar refractivity (Wildman–Crippen MR) is 103 cm³/mol. The van der Waals surface area contributed by atoms with Crippen LogP contribution in [0.1, 0.15) is 17.7 Å². The van der Waals surface area contributed by atoms with Crippen molar-refractivity contribution < 1.29 is 9.47 Å². The number of hydrogen-bond donors (Lipinski definition) is 1. The molecule has 0 fully saturated rings. The summed E-state index contributed by atoms with van der Waals surface area (Å²) in [5, 5.41) is 9.69. The summed E-state index contributed by atoms with van der Waals surface area (Å²) in [5.74, 6) is 0. The Kier molecular flexibility index (Phi) is 6.57. The van der Waals surface area contributed by atoms with E-state index in [4.69, 9.17) is 21.1 Å². The van der Waals surface area contributed by atoms with E-state index in [1.54, 1.807) is 20.4 Å². The number of ether oxygens (including phenoxy) is 2. The fourth-order valence-corrected chi connectivity index (χ4v) is 3.08. The van der Waals surface area contributed by atoms with E-state index in [0.29, 0.717) is 11.6 Å². The van der Waals surface area contributed by atoms with Gasteiger partial charge in [-0.2, -0.15) is 5.10 Å². The largest absolute Gasteiger partial charge is 0.385 e. The lowest BCUT2D eigenvalue weighted by Gasteiger charge is -2.12. The van der Waals surface area contributed by atoms with Crippen LogP contribution in [0.15, 0.2) is 36.7 Å². The van der Waals surface area contributed by atoms with Crippen LogP contribution in [0.25, 0.3) is 16.6 Å². The van der Waals surface area contributed by atoms with Crippen LogP contribution in [0.2, 0.25) is 5.02 Å². The lowest BCUT2D eigenvalue weighted by atomic mass is 10.1. The first-order valence-electron chi connectivity index (χ1n) is 8.53. The van der Waals surface area contributed by atoms with Crippen LogP contribution in [-0.4, -0.2) is 42.1 Å². The van der Waals surface area contributed by atoms with Gasteiger partial charge in [-0.25, -0.2) is 4.68 Å². The highest BCUT2D eigenvalue weighted by Gasteiger charge is 2.14. The number of nitrogens with zero attached hydrogens (tertiary/aromatic N) is 3. The van der Waals surface area contributed by atoms with Crippen molar-refractivity contribution in [2.45, 2.75) is 19.6 Å². The zero-order valence-electron chi connectivity index (χ0n) is 15.0. The molecule has 2 heterocycles. The van der Waals surface area contributed by atoms with Gasteiger partial charge in [-0.15, -0.1) is 0 Å². The van der Waals surface area contributed by atoms with Crippen LogP contribution in [0.4, 0.5) is 0 Å². The maximum Gasteiger partial charge on any atom is 0.0888 e. The Labute approximate surface area is 158 Å². The van der Waals surface area contributed by atoms with Crippen molar-refractivity contribution in [1.29, 1.82) is 0 Å². The van der Waals surface area contributed by atoms with Crippen molar-refractivity contribution in [3.63, 3.8) is 0 Å². The summed E-state index contributed by atoms with van der Waals surface area (Å²) in [6.45, 7) is 2.86. The summed E-state index contributed by atoms with van der Waals surface area (Å²) >= 11 is 6.10. The summed E-state index contributed by atoms with van der Waals surface area (Å²) in [4.78, 5) is 4.41. The van der Waals surface area contributed by atoms with Gasteiger partial charge in [0.05, 0.1) is 29.7 Å². The van der Waals surface area contributed by atoms with Gasteiger partial charge >= 0.3 is 0 Å². The van der Waals surface area contributed by atoms with Crippen LogP contribution in [0.3, 0.4) is 0 Å². The van der Waals surface area contributed by atoms with Gasteiger partial charge in [0.15, 0.2) is 0 Å². The van der Waals surface area contributed by atoms with E-state index in [1.807, 2.05) is 35.1 Å². The molecule has 7 heteroatoms. The molecule has 0 saturated heterocycles. The normalized spacial score (nSPS) is 11.3. The maximum atomic E-state index is 6.10. The van der Waals surface area contributed by atoms with Crippen molar-refractivity contribution in [2.75, 3.05) is 27.4 Å². The van der Waals surface area contributed by atoms with E-state index < -0.39 is 0 Å². The van der Waals surface area contributed by atoms with Crippen LogP contribution in [0.5, 0.6) is 0 Å². The van der Waals surface area contributed by atoms with Crippen molar-refractivity contribution in [2.24, 2.45) is 0 Å². The Morgan fingerprint density at radius 2 is 2.08 bits per heavy atom. The Morgan fingerprint density at radius 3 is 2.88 bits per heavy atom. The van der Waals surface area contributed by atoms with Gasteiger partial charge < -0.3 is 14.8 Å². The number of halogens is 1. The number of rotatable bonds is 9. The quantitative estimate of drug-likeness (QED) is 0.582. The van der Waals surface area contributed by atoms with E-state index in [-0.39, 0.29) is 0 Å². The topological polar surface area (TPSA) is 61.2 Å². The first-order valence-corrected chi connectivity index (χ1v) is 8.91. The Hall–Kier alpha value is -1.99. The Balaban J connectivity index is 1.90. The van der Waals surface area contributed by atoms with Crippen LogP contribution in [0, 0.1) is 0 Å². The number of aromatic nitrogens is 3. The number of fused-ring (bicyclic) bond motifs is 1. The van der Waals surface area contributed by atoms with Gasteiger partial charge in [-0.05, 0) is 37.2 Å². The van der Waals surface area contributed by atoms with Gasteiger partial charge in [0.25, 0.3) is 0 Å². The molecule has 0 aliphatic rings. The molecular weight excluding hydrogens is 352 g/mol. The molecule has 0 amide bonds. The van der Waals surface area contributed by atoms with E-state index in [9.17, 15) is 0 Å². The molecule has 3 aromatic rings. The molecule has 0 saturated carbocycles. The average Bonchev–Trinajstić information content (AvgIpc) is 3.03. The highest BCUT2D eigenvalue weighted by molar-refractivity contribution is 6.31. The molecule has 0 aliphatic heterocycles. The third kappa shape index (κ3) is 4.22. The Bertz CT molecular complexity index is 866. The molecule has 1 N–H and O–H groups in total. The number of hydrogen-bond acceptors (Lipinski definition) is 5. The Morgan fingerprint density at radius 1 is 1.19 bits per heavy atom. The fourth-order valence-electron chi connectivity index (χ4n) is 2.91. The van der Waals surface area contributed by atoms with Crippen LogP contribution >= 0.6 is 11.6 Å². The van der Waals surface area contributed by atoms with E-state index in [1.165, 1.54) is 0 Å². The second kappa shape index (κ2) is 9.09. The van der Waals surface area contributed by atoms with Gasteiger partial charge in [-0.1, -0.05) is 11.6 Å². The van der Waals surface area contributed by atoms with Gasteiger partial charge in [0, 0.05) is 49.5 Å². The summed E-state index contributed by atoms with van der Waals surface area (Å²) < 4.78 is 12.4. The molecule has 0 spiro atoms. The molecule has 0 radical (unpaired) electrons. The number of methoxy groups -OCH3 is 2. The van der Waals surface area contributed by atoms with Crippen molar-refractivity contribution >= 4 is 22.5 Å². The third-order valence-electron chi connectivity index (χ3n) is 4.16. The summed E-state index contributed by atoms with van der Waals surface area (Å²) in [6, 6.07) is 7.66.